The Bertz CT molecular complexity index is 4420. The van der Waals surface area contributed by atoms with Gasteiger partial charge in [0, 0.05) is 33.2 Å². The molecule has 0 amide bonds. The van der Waals surface area contributed by atoms with Crippen molar-refractivity contribution in [1.29, 1.82) is 0 Å². The van der Waals surface area contributed by atoms with E-state index in [9.17, 15) is 0 Å². The summed E-state index contributed by atoms with van der Waals surface area (Å²) < 4.78 is 15.6. The lowest BCUT2D eigenvalue weighted by atomic mass is 9.70. The Kier molecular flexibility index (Phi) is 9.15. The predicted molar refractivity (Wildman–Crippen MR) is 304 cm³/mol. The van der Waals surface area contributed by atoms with Crippen molar-refractivity contribution in [3.8, 4) is 107 Å². The quantitative estimate of drug-likeness (QED) is 0.166. The van der Waals surface area contributed by atoms with Crippen molar-refractivity contribution < 1.29 is 9.47 Å². The summed E-state index contributed by atoms with van der Waals surface area (Å²) in [6.07, 6.45) is 0. The SMILES string of the molecule is c1ccc(-c2nc(-c3ccccc3)nc(-c3ccc(-c4cccc(-n5c6ccccc6c6cc(-c7ccc8c(c7)C7(c9ccccc9-c9ccccc97)c7cc9c(cc7-8)Oc7ccccc7O9)ccc65)c4)cc3)n2)cc1. The molecule has 0 unspecified atom stereocenters. The molecule has 0 atom stereocenters. The van der Waals surface area contributed by atoms with Crippen molar-refractivity contribution in [3.05, 3.63) is 277 Å². The molecule has 3 heterocycles. The van der Waals surface area contributed by atoms with E-state index in [2.05, 4.69) is 174 Å². The van der Waals surface area contributed by atoms with Crippen LogP contribution in [-0.4, -0.2) is 19.5 Å². The van der Waals surface area contributed by atoms with Gasteiger partial charge in [-0.15, -0.1) is 0 Å². The molecule has 0 N–H and O–H groups in total. The Labute approximate surface area is 438 Å². The number of para-hydroxylation sites is 3. The first-order chi connectivity index (χ1) is 37.6. The molecule has 16 rings (SSSR count). The molecule has 354 valence electrons. The molecule has 0 radical (unpaired) electrons. The first-order valence-corrected chi connectivity index (χ1v) is 25.7. The number of hydrogen-bond acceptors (Lipinski definition) is 5. The second kappa shape index (κ2) is 16.4. The highest BCUT2D eigenvalue weighted by atomic mass is 16.6. The van der Waals surface area contributed by atoms with Gasteiger partial charge >= 0.3 is 0 Å². The lowest BCUT2D eigenvalue weighted by molar-refractivity contribution is 0.359. The largest absolute Gasteiger partial charge is 0.450 e. The second-order valence-electron chi connectivity index (χ2n) is 19.8. The minimum Gasteiger partial charge on any atom is -0.450 e. The van der Waals surface area contributed by atoms with Crippen LogP contribution in [0.1, 0.15) is 22.3 Å². The average molecular weight is 971 g/mol. The third kappa shape index (κ3) is 6.31. The van der Waals surface area contributed by atoms with Crippen LogP contribution in [0.2, 0.25) is 0 Å². The Morgan fingerprint density at radius 3 is 1.43 bits per heavy atom. The molecule has 1 aliphatic heterocycles. The number of hydrogen-bond donors (Lipinski definition) is 0. The van der Waals surface area contributed by atoms with Crippen LogP contribution in [0.4, 0.5) is 0 Å². The van der Waals surface area contributed by atoms with Crippen molar-refractivity contribution in [2.75, 3.05) is 0 Å². The van der Waals surface area contributed by atoms with E-state index in [0.29, 0.717) is 17.5 Å². The van der Waals surface area contributed by atoms with Gasteiger partial charge < -0.3 is 14.0 Å². The van der Waals surface area contributed by atoms with E-state index in [1.54, 1.807) is 0 Å². The van der Waals surface area contributed by atoms with Gasteiger partial charge in [-0.1, -0.05) is 194 Å². The van der Waals surface area contributed by atoms with Gasteiger partial charge in [-0.2, -0.15) is 0 Å². The first kappa shape index (κ1) is 42.3. The van der Waals surface area contributed by atoms with Crippen LogP contribution in [0.5, 0.6) is 23.0 Å². The third-order valence-electron chi connectivity index (χ3n) is 15.7. The van der Waals surface area contributed by atoms with E-state index in [4.69, 9.17) is 24.4 Å². The summed E-state index contributed by atoms with van der Waals surface area (Å²) in [7, 11) is 0. The highest BCUT2D eigenvalue weighted by molar-refractivity contribution is 6.11. The molecule has 6 heteroatoms. The molecule has 0 bridgehead atoms. The molecule has 6 nitrogen and oxygen atoms in total. The van der Waals surface area contributed by atoms with Gasteiger partial charge in [0.1, 0.15) is 0 Å². The maximum Gasteiger partial charge on any atom is 0.170 e. The van der Waals surface area contributed by atoms with Gasteiger partial charge in [-0.05, 0) is 127 Å². The van der Waals surface area contributed by atoms with Crippen molar-refractivity contribution >= 4 is 21.8 Å². The highest BCUT2D eigenvalue weighted by Crippen LogP contribution is 2.65. The average Bonchev–Trinajstić information content (AvgIpc) is 4.13. The fourth-order valence-electron chi connectivity index (χ4n) is 12.3. The Hall–Kier alpha value is -10.2. The summed E-state index contributed by atoms with van der Waals surface area (Å²) in [6, 6.07) is 90.6. The molecule has 0 saturated heterocycles. The van der Waals surface area contributed by atoms with Crippen LogP contribution in [0.25, 0.3) is 106 Å². The van der Waals surface area contributed by atoms with Crippen LogP contribution in [-0.2, 0) is 5.41 Å². The van der Waals surface area contributed by atoms with Gasteiger partial charge in [0.25, 0.3) is 0 Å². The first-order valence-electron chi connectivity index (χ1n) is 25.7. The number of nitrogens with zero attached hydrogens (tertiary/aromatic N) is 4. The standard InChI is InChI=1S/C70H42N4O2/c1-3-16-44(17-4-1)67-71-68(45-18-5-2-6-19-45)73-69(72-67)46-32-30-43(31-33-46)47-20-15-21-50(38-47)74-61-27-12-9-24-54(61)56-39-48(35-37-62(56)74)49-34-36-53-55-41-65-66(76-64-29-14-13-28-63(64)75-65)42-60(55)70(59(53)40-49)57-25-10-7-22-51(57)52-23-8-11-26-58(52)70/h1-42H. The monoisotopic (exact) mass is 970 g/mol. The summed E-state index contributed by atoms with van der Waals surface area (Å²) >= 11 is 0. The molecule has 0 fully saturated rings. The molecule has 76 heavy (non-hydrogen) atoms. The summed E-state index contributed by atoms with van der Waals surface area (Å²) in [5.41, 5.74) is 20.0. The number of ether oxygens (including phenoxy) is 2. The van der Waals surface area contributed by atoms with Crippen LogP contribution in [0.3, 0.4) is 0 Å². The van der Waals surface area contributed by atoms with Crippen LogP contribution in [0, 0.1) is 0 Å². The van der Waals surface area contributed by atoms with Gasteiger partial charge in [0.05, 0.1) is 16.4 Å². The van der Waals surface area contributed by atoms with E-state index in [1.807, 2.05) is 84.9 Å². The molecule has 2 aliphatic carbocycles. The number of fused-ring (bicyclic) bond motifs is 15. The molecule has 3 aliphatic rings. The van der Waals surface area contributed by atoms with E-state index < -0.39 is 5.41 Å². The molecular weight excluding hydrogens is 929 g/mol. The van der Waals surface area contributed by atoms with E-state index >= 15 is 0 Å². The summed E-state index contributed by atoms with van der Waals surface area (Å²) in [5.74, 6) is 4.81. The molecule has 2 aromatic heterocycles. The number of benzene rings is 11. The normalized spacial score (nSPS) is 13.1. The van der Waals surface area contributed by atoms with Crippen molar-refractivity contribution in [2.24, 2.45) is 0 Å². The zero-order valence-corrected chi connectivity index (χ0v) is 40.9. The van der Waals surface area contributed by atoms with Crippen LogP contribution >= 0.6 is 0 Å². The van der Waals surface area contributed by atoms with Crippen LogP contribution in [0.15, 0.2) is 255 Å². The van der Waals surface area contributed by atoms with Gasteiger partial charge in [-0.3, -0.25) is 0 Å². The van der Waals surface area contributed by atoms with Crippen molar-refractivity contribution in [1.82, 2.24) is 19.5 Å². The Morgan fingerprint density at radius 2 is 0.750 bits per heavy atom. The highest BCUT2D eigenvalue weighted by Gasteiger charge is 2.52. The molecule has 0 saturated carbocycles. The maximum atomic E-state index is 6.63. The molecular formula is C70H42N4O2. The second-order valence-corrected chi connectivity index (χ2v) is 19.8. The minimum atomic E-state index is -0.570. The lowest BCUT2D eigenvalue weighted by Gasteiger charge is -2.31. The summed E-state index contributed by atoms with van der Waals surface area (Å²) in [5, 5.41) is 2.40. The maximum absolute atomic E-state index is 6.63. The van der Waals surface area contributed by atoms with E-state index in [0.717, 1.165) is 84.2 Å². The van der Waals surface area contributed by atoms with Crippen molar-refractivity contribution in [3.63, 3.8) is 0 Å². The van der Waals surface area contributed by atoms with Gasteiger partial charge in [-0.25, -0.2) is 15.0 Å². The lowest BCUT2D eigenvalue weighted by Crippen LogP contribution is -2.26. The number of aromatic nitrogens is 4. The topological polar surface area (TPSA) is 62.1 Å². The summed E-state index contributed by atoms with van der Waals surface area (Å²) in [4.78, 5) is 14.8. The van der Waals surface area contributed by atoms with Gasteiger partial charge in [0.15, 0.2) is 40.5 Å². The Morgan fingerprint density at radius 1 is 0.276 bits per heavy atom. The fourth-order valence-corrected chi connectivity index (χ4v) is 12.3. The van der Waals surface area contributed by atoms with Gasteiger partial charge in [0.2, 0.25) is 0 Å². The Balaban J connectivity index is 0.791. The molecule has 13 aromatic rings. The summed E-state index contributed by atoms with van der Waals surface area (Å²) in [6.45, 7) is 0. The number of rotatable bonds is 6. The predicted octanol–water partition coefficient (Wildman–Crippen LogP) is 17.5. The third-order valence-corrected chi connectivity index (χ3v) is 15.7. The van der Waals surface area contributed by atoms with Crippen LogP contribution < -0.4 is 9.47 Å². The van der Waals surface area contributed by atoms with E-state index in [-0.39, 0.29) is 0 Å². The zero-order valence-electron chi connectivity index (χ0n) is 40.9. The minimum absolute atomic E-state index is 0.570. The molecule has 1 spiro atoms. The smallest absolute Gasteiger partial charge is 0.170 e. The van der Waals surface area contributed by atoms with E-state index in [1.165, 1.54) is 49.7 Å². The fraction of sp³-hybridized carbons (Fsp3) is 0.0143. The zero-order chi connectivity index (χ0) is 49.9. The molecule has 11 aromatic carbocycles. The van der Waals surface area contributed by atoms with Crippen molar-refractivity contribution in [2.45, 2.75) is 5.41 Å².